The van der Waals surface area contributed by atoms with Crippen LogP contribution in [0.25, 0.3) is 0 Å². The van der Waals surface area contributed by atoms with Crippen molar-refractivity contribution < 1.29 is 4.79 Å². The summed E-state index contributed by atoms with van der Waals surface area (Å²) in [6.07, 6.45) is 6.11. The molecule has 1 aromatic rings. The second-order valence-corrected chi connectivity index (χ2v) is 5.73. The lowest BCUT2D eigenvalue weighted by Crippen LogP contribution is -2.44. The van der Waals surface area contributed by atoms with Gasteiger partial charge in [-0.2, -0.15) is 5.10 Å². The monoisotopic (exact) mass is 287 g/mol. The third-order valence-electron chi connectivity index (χ3n) is 4.26. The smallest absolute Gasteiger partial charge is 0.246 e. The van der Waals surface area contributed by atoms with E-state index in [2.05, 4.69) is 21.7 Å². The van der Waals surface area contributed by atoms with Crippen LogP contribution in [0.4, 0.5) is 5.82 Å². The third-order valence-corrected chi connectivity index (χ3v) is 4.26. The fraction of sp³-hybridized carbons (Fsp3) is 0.533. The predicted molar refractivity (Wildman–Crippen MR) is 80.8 cm³/mol. The highest BCUT2D eigenvalue weighted by molar-refractivity contribution is 5.87. The standard InChI is InChI=1S/C15H21N5O/c1-2-14(21)19-7-5-13-11(9-19)8-17-18-15(13)20-6-3-4-12(16)10-20/h2,8,12H,1,3-7,9-10,16H2/t12-/m1/s1. The Balaban J connectivity index is 1.85. The van der Waals surface area contributed by atoms with Crippen LogP contribution in [0.2, 0.25) is 0 Å². The number of amides is 1. The maximum Gasteiger partial charge on any atom is 0.246 e. The zero-order valence-corrected chi connectivity index (χ0v) is 12.2. The highest BCUT2D eigenvalue weighted by Gasteiger charge is 2.26. The van der Waals surface area contributed by atoms with Crippen LogP contribution >= 0.6 is 0 Å². The number of anilines is 1. The number of piperidine rings is 1. The summed E-state index contributed by atoms with van der Waals surface area (Å²) in [5.74, 6) is 0.923. The lowest BCUT2D eigenvalue weighted by molar-refractivity contribution is -0.126. The summed E-state index contributed by atoms with van der Waals surface area (Å²) < 4.78 is 0. The van der Waals surface area contributed by atoms with E-state index in [1.54, 1.807) is 11.1 Å². The highest BCUT2D eigenvalue weighted by atomic mass is 16.2. The lowest BCUT2D eigenvalue weighted by atomic mass is 10.00. The molecule has 6 nitrogen and oxygen atoms in total. The van der Waals surface area contributed by atoms with Gasteiger partial charge in [0.25, 0.3) is 0 Å². The molecule has 1 saturated heterocycles. The topological polar surface area (TPSA) is 75.4 Å². The van der Waals surface area contributed by atoms with Gasteiger partial charge in [-0.25, -0.2) is 0 Å². The van der Waals surface area contributed by atoms with Crippen LogP contribution in [0, 0.1) is 0 Å². The quantitative estimate of drug-likeness (QED) is 0.801. The van der Waals surface area contributed by atoms with Crippen LogP contribution in [-0.2, 0) is 17.8 Å². The summed E-state index contributed by atoms with van der Waals surface area (Å²) in [6, 6.07) is 0.207. The van der Waals surface area contributed by atoms with Gasteiger partial charge in [-0.3, -0.25) is 4.79 Å². The fourth-order valence-corrected chi connectivity index (χ4v) is 3.15. The van der Waals surface area contributed by atoms with Gasteiger partial charge in [-0.15, -0.1) is 5.10 Å². The minimum atomic E-state index is -0.0287. The number of fused-ring (bicyclic) bond motifs is 1. The summed E-state index contributed by atoms with van der Waals surface area (Å²) in [4.78, 5) is 15.8. The van der Waals surface area contributed by atoms with Crippen molar-refractivity contribution in [3.05, 3.63) is 30.0 Å². The van der Waals surface area contributed by atoms with Crippen molar-refractivity contribution in [2.24, 2.45) is 5.73 Å². The van der Waals surface area contributed by atoms with Gasteiger partial charge in [0.15, 0.2) is 5.82 Å². The van der Waals surface area contributed by atoms with Crippen molar-refractivity contribution in [2.75, 3.05) is 24.5 Å². The number of nitrogens with two attached hydrogens (primary N) is 1. The minimum Gasteiger partial charge on any atom is -0.353 e. The molecule has 2 aliphatic heterocycles. The van der Waals surface area contributed by atoms with E-state index in [0.29, 0.717) is 13.1 Å². The van der Waals surface area contributed by atoms with Gasteiger partial charge in [0.05, 0.1) is 6.20 Å². The van der Waals surface area contributed by atoms with Crippen molar-refractivity contribution >= 4 is 11.7 Å². The van der Waals surface area contributed by atoms with Gasteiger partial charge < -0.3 is 15.5 Å². The molecule has 0 radical (unpaired) electrons. The van der Waals surface area contributed by atoms with Crippen molar-refractivity contribution in [3.8, 4) is 0 Å². The molecule has 0 spiro atoms. The van der Waals surface area contributed by atoms with E-state index in [1.807, 2.05) is 0 Å². The SMILES string of the molecule is C=CC(=O)N1CCc2c(cnnc2N2CCC[C@@H](N)C2)C1. The largest absolute Gasteiger partial charge is 0.353 e. The molecule has 2 aliphatic rings. The first-order chi connectivity index (χ1) is 10.2. The van der Waals surface area contributed by atoms with Crippen molar-refractivity contribution in [1.29, 1.82) is 0 Å². The molecule has 112 valence electrons. The molecule has 1 atom stereocenters. The molecule has 0 bridgehead atoms. The van der Waals surface area contributed by atoms with E-state index in [9.17, 15) is 4.79 Å². The molecule has 21 heavy (non-hydrogen) atoms. The summed E-state index contributed by atoms with van der Waals surface area (Å²) in [6.45, 7) is 6.65. The maximum atomic E-state index is 11.8. The average Bonchev–Trinajstić information content (AvgIpc) is 2.53. The molecule has 2 N–H and O–H groups in total. The Bertz CT molecular complexity index is 559. The van der Waals surface area contributed by atoms with Crippen LogP contribution in [0.1, 0.15) is 24.0 Å². The summed E-state index contributed by atoms with van der Waals surface area (Å²) >= 11 is 0. The van der Waals surface area contributed by atoms with Crippen LogP contribution in [-0.4, -0.2) is 46.7 Å². The van der Waals surface area contributed by atoms with Gasteiger partial charge in [0.1, 0.15) is 0 Å². The number of hydrogen-bond donors (Lipinski definition) is 1. The summed E-state index contributed by atoms with van der Waals surface area (Å²) in [5, 5.41) is 8.46. The highest BCUT2D eigenvalue weighted by Crippen LogP contribution is 2.27. The number of carbonyl (C=O) groups is 1. The van der Waals surface area contributed by atoms with E-state index in [1.165, 1.54) is 11.6 Å². The molecule has 1 fully saturated rings. The Morgan fingerprint density at radius 1 is 1.48 bits per heavy atom. The van der Waals surface area contributed by atoms with Gasteiger partial charge in [0, 0.05) is 37.8 Å². The zero-order chi connectivity index (χ0) is 14.8. The number of hydrogen-bond acceptors (Lipinski definition) is 5. The second-order valence-electron chi connectivity index (χ2n) is 5.73. The van der Waals surface area contributed by atoms with Crippen molar-refractivity contribution in [2.45, 2.75) is 31.8 Å². The molecule has 1 amide bonds. The fourth-order valence-electron chi connectivity index (χ4n) is 3.15. The van der Waals surface area contributed by atoms with E-state index in [4.69, 9.17) is 5.73 Å². The molecular formula is C15H21N5O. The first-order valence-corrected chi connectivity index (χ1v) is 7.44. The number of nitrogens with zero attached hydrogens (tertiary/aromatic N) is 4. The zero-order valence-electron chi connectivity index (χ0n) is 12.2. The number of aromatic nitrogens is 2. The van der Waals surface area contributed by atoms with E-state index < -0.39 is 0 Å². The van der Waals surface area contributed by atoms with Gasteiger partial charge in [0.2, 0.25) is 5.91 Å². The minimum absolute atomic E-state index is 0.0287. The number of rotatable bonds is 2. The molecular weight excluding hydrogens is 266 g/mol. The summed E-state index contributed by atoms with van der Waals surface area (Å²) in [7, 11) is 0. The van der Waals surface area contributed by atoms with Crippen molar-refractivity contribution in [3.63, 3.8) is 0 Å². The normalized spacial score (nSPS) is 21.9. The molecule has 0 aliphatic carbocycles. The first kappa shape index (κ1) is 14.0. The van der Waals surface area contributed by atoms with Crippen molar-refractivity contribution in [1.82, 2.24) is 15.1 Å². The Hall–Kier alpha value is -1.95. The van der Waals surface area contributed by atoms with Crippen LogP contribution < -0.4 is 10.6 Å². The average molecular weight is 287 g/mol. The van der Waals surface area contributed by atoms with Gasteiger partial charge in [-0.05, 0) is 30.9 Å². The lowest BCUT2D eigenvalue weighted by Gasteiger charge is -2.35. The third kappa shape index (κ3) is 2.76. The van der Waals surface area contributed by atoms with Gasteiger partial charge in [-0.1, -0.05) is 6.58 Å². The molecule has 0 saturated carbocycles. The molecule has 3 rings (SSSR count). The van der Waals surface area contributed by atoms with E-state index >= 15 is 0 Å². The van der Waals surface area contributed by atoms with E-state index in [0.717, 1.165) is 43.7 Å². The molecule has 0 unspecified atom stereocenters. The molecule has 0 aromatic carbocycles. The molecule has 6 heteroatoms. The molecule has 1 aromatic heterocycles. The Morgan fingerprint density at radius 3 is 3.10 bits per heavy atom. The van der Waals surface area contributed by atoms with Crippen LogP contribution in [0.15, 0.2) is 18.9 Å². The second kappa shape index (κ2) is 5.81. The van der Waals surface area contributed by atoms with E-state index in [-0.39, 0.29) is 11.9 Å². The maximum absolute atomic E-state index is 11.8. The Labute approximate surface area is 124 Å². The molecule has 3 heterocycles. The first-order valence-electron chi connectivity index (χ1n) is 7.44. The summed E-state index contributed by atoms with van der Waals surface area (Å²) in [5.41, 5.74) is 8.36. The van der Waals surface area contributed by atoms with Crippen LogP contribution in [0.5, 0.6) is 0 Å². The Morgan fingerprint density at radius 2 is 2.33 bits per heavy atom. The number of carbonyl (C=O) groups excluding carboxylic acids is 1. The Kier molecular flexibility index (Phi) is 3.88. The predicted octanol–water partition coefficient (Wildman–Crippen LogP) is 0.475. The van der Waals surface area contributed by atoms with Gasteiger partial charge >= 0.3 is 0 Å². The van der Waals surface area contributed by atoms with Crippen LogP contribution in [0.3, 0.4) is 0 Å².